The van der Waals surface area contributed by atoms with Gasteiger partial charge in [-0.3, -0.25) is 4.79 Å². The first kappa shape index (κ1) is 21.5. The van der Waals surface area contributed by atoms with Crippen molar-refractivity contribution >= 4 is 33.9 Å². The minimum Gasteiger partial charge on any atom is -0.497 e. The Balaban J connectivity index is 1.75. The lowest BCUT2D eigenvalue weighted by molar-refractivity contribution is 0.0956. The molecule has 1 amide bonds. The number of nitrogens with one attached hydrogen (secondary N) is 1. The summed E-state index contributed by atoms with van der Waals surface area (Å²) in [4.78, 5) is 20.1. The second kappa shape index (κ2) is 9.20. The Kier molecular flexibility index (Phi) is 6.18. The molecule has 2 aromatic heterocycles. The molecule has 0 aliphatic rings. The lowest BCUT2D eigenvalue weighted by atomic mass is 10.0. The first-order chi connectivity index (χ1) is 15.5. The van der Waals surface area contributed by atoms with Gasteiger partial charge in [-0.2, -0.15) is 5.10 Å². The molecule has 0 atom stereocenters. The van der Waals surface area contributed by atoms with Crippen LogP contribution < -0.4 is 14.9 Å². The van der Waals surface area contributed by atoms with Gasteiger partial charge in [-0.25, -0.2) is 10.4 Å². The molecule has 0 saturated heterocycles. The number of methoxy groups -OCH3 is 2. The Morgan fingerprint density at radius 2 is 1.84 bits per heavy atom. The van der Waals surface area contributed by atoms with E-state index in [-0.39, 0.29) is 5.91 Å². The van der Waals surface area contributed by atoms with E-state index in [2.05, 4.69) is 10.5 Å². The molecule has 4 aromatic rings. The summed E-state index contributed by atoms with van der Waals surface area (Å²) < 4.78 is 10.8. The van der Waals surface area contributed by atoms with Crippen LogP contribution in [-0.4, -0.2) is 30.8 Å². The molecule has 162 valence electrons. The van der Waals surface area contributed by atoms with Gasteiger partial charge in [0.05, 0.1) is 41.6 Å². The normalized spacial score (nSPS) is 11.4. The molecule has 0 aliphatic heterocycles. The van der Waals surface area contributed by atoms with Gasteiger partial charge in [0.1, 0.15) is 11.5 Å². The number of ether oxygens (including phenoxy) is 2. The standard InChI is InChI=1S/C25H23N3O3S/c1-15-9-12-24(32-15)16(2)27-28-25(29)20-14-22(26-21-8-6-5-7-18(20)21)19-11-10-17(30-3)13-23(19)31-4/h5-14H,1-4H3,(H,28,29)/b27-16-. The summed E-state index contributed by atoms with van der Waals surface area (Å²) in [6.07, 6.45) is 0. The molecule has 7 heteroatoms. The van der Waals surface area contributed by atoms with Gasteiger partial charge < -0.3 is 9.47 Å². The number of nitrogens with zero attached hydrogens (tertiary/aromatic N) is 2. The second-order valence-electron chi connectivity index (χ2n) is 7.19. The number of aromatic nitrogens is 1. The molecule has 6 nitrogen and oxygen atoms in total. The summed E-state index contributed by atoms with van der Waals surface area (Å²) in [7, 11) is 3.20. The number of hydrazone groups is 1. The van der Waals surface area contributed by atoms with Crippen LogP contribution in [0.2, 0.25) is 0 Å². The van der Waals surface area contributed by atoms with Crippen LogP contribution in [0.25, 0.3) is 22.2 Å². The number of amides is 1. The predicted octanol–water partition coefficient (Wildman–Crippen LogP) is 5.44. The maximum atomic E-state index is 13.1. The molecule has 0 aliphatic carbocycles. The molecule has 0 radical (unpaired) electrons. The lowest BCUT2D eigenvalue weighted by Crippen LogP contribution is -2.19. The van der Waals surface area contributed by atoms with Crippen molar-refractivity contribution in [3.05, 3.63) is 76.0 Å². The molecular formula is C25H23N3O3S. The Morgan fingerprint density at radius 1 is 1.03 bits per heavy atom. The van der Waals surface area contributed by atoms with E-state index in [0.717, 1.165) is 21.5 Å². The fourth-order valence-corrected chi connectivity index (χ4v) is 4.20. The van der Waals surface area contributed by atoms with Gasteiger partial charge in [0, 0.05) is 21.9 Å². The van der Waals surface area contributed by atoms with E-state index in [1.807, 2.05) is 62.4 Å². The summed E-state index contributed by atoms with van der Waals surface area (Å²) in [5.41, 5.74) is 6.05. The Labute approximate surface area is 190 Å². The fourth-order valence-electron chi connectivity index (χ4n) is 3.39. The highest BCUT2D eigenvalue weighted by Gasteiger charge is 2.16. The molecule has 0 unspecified atom stereocenters. The third-order valence-corrected chi connectivity index (χ3v) is 6.18. The van der Waals surface area contributed by atoms with Crippen LogP contribution in [0.3, 0.4) is 0 Å². The van der Waals surface area contributed by atoms with Crippen molar-refractivity contribution in [1.29, 1.82) is 0 Å². The van der Waals surface area contributed by atoms with Crippen LogP contribution in [0.1, 0.15) is 27.0 Å². The number of carbonyl (C=O) groups is 1. The van der Waals surface area contributed by atoms with E-state index < -0.39 is 0 Å². The van der Waals surface area contributed by atoms with E-state index >= 15 is 0 Å². The molecular weight excluding hydrogens is 422 g/mol. The number of para-hydroxylation sites is 1. The molecule has 0 spiro atoms. The zero-order chi connectivity index (χ0) is 22.7. The molecule has 2 heterocycles. The van der Waals surface area contributed by atoms with Gasteiger partial charge in [-0.05, 0) is 50.2 Å². The molecule has 0 saturated carbocycles. The smallest absolute Gasteiger partial charge is 0.272 e. The predicted molar refractivity (Wildman–Crippen MR) is 129 cm³/mol. The first-order valence-corrected chi connectivity index (χ1v) is 10.9. The Morgan fingerprint density at radius 3 is 2.56 bits per heavy atom. The zero-order valence-corrected chi connectivity index (χ0v) is 19.1. The van der Waals surface area contributed by atoms with Crippen molar-refractivity contribution in [1.82, 2.24) is 10.4 Å². The summed E-state index contributed by atoms with van der Waals surface area (Å²) in [5.74, 6) is 0.989. The molecule has 4 rings (SSSR count). The third kappa shape index (κ3) is 4.33. The monoisotopic (exact) mass is 445 g/mol. The minimum atomic E-state index is -0.301. The van der Waals surface area contributed by atoms with Gasteiger partial charge in [0.2, 0.25) is 0 Å². The summed E-state index contributed by atoms with van der Waals surface area (Å²) in [6.45, 7) is 3.92. The highest BCUT2D eigenvalue weighted by Crippen LogP contribution is 2.34. The number of hydrogen-bond donors (Lipinski definition) is 1. The van der Waals surface area contributed by atoms with Crippen LogP contribution in [0.4, 0.5) is 0 Å². The van der Waals surface area contributed by atoms with Crippen molar-refractivity contribution in [2.24, 2.45) is 5.10 Å². The van der Waals surface area contributed by atoms with Crippen LogP contribution in [0.5, 0.6) is 11.5 Å². The Bertz CT molecular complexity index is 1330. The average Bonchev–Trinajstić information content (AvgIpc) is 3.27. The number of hydrogen-bond acceptors (Lipinski definition) is 6. The van der Waals surface area contributed by atoms with Crippen LogP contribution >= 0.6 is 11.3 Å². The second-order valence-corrected chi connectivity index (χ2v) is 8.47. The minimum absolute atomic E-state index is 0.301. The van der Waals surface area contributed by atoms with E-state index in [9.17, 15) is 4.79 Å². The number of aryl methyl sites for hydroxylation is 1. The highest BCUT2D eigenvalue weighted by atomic mass is 32.1. The maximum absolute atomic E-state index is 13.1. The van der Waals surface area contributed by atoms with E-state index in [1.165, 1.54) is 4.88 Å². The van der Waals surface area contributed by atoms with Crippen molar-refractivity contribution in [3.8, 4) is 22.8 Å². The molecule has 1 N–H and O–H groups in total. The summed E-state index contributed by atoms with van der Waals surface area (Å²) >= 11 is 1.64. The quantitative estimate of drug-likeness (QED) is 0.317. The lowest BCUT2D eigenvalue weighted by Gasteiger charge is -2.13. The zero-order valence-electron chi connectivity index (χ0n) is 18.3. The highest BCUT2D eigenvalue weighted by molar-refractivity contribution is 7.14. The van der Waals surface area contributed by atoms with Gasteiger partial charge in [0.25, 0.3) is 5.91 Å². The summed E-state index contributed by atoms with van der Waals surface area (Å²) in [5, 5.41) is 5.07. The molecule has 0 fully saturated rings. The van der Waals surface area contributed by atoms with Gasteiger partial charge in [0.15, 0.2) is 0 Å². The molecule has 32 heavy (non-hydrogen) atoms. The number of thiophene rings is 1. The number of rotatable bonds is 6. The van der Waals surface area contributed by atoms with E-state index in [0.29, 0.717) is 28.3 Å². The SMILES string of the molecule is COc1ccc(-c2cc(C(=O)N/N=C(/C)c3ccc(C)s3)c3ccccc3n2)c(OC)c1. The number of carbonyl (C=O) groups excluding carboxylic acids is 1. The Hall–Kier alpha value is -3.71. The van der Waals surface area contributed by atoms with Gasteiger partial charge in [-0.1, -0.05) is 18.2 Å². The number of pyridine rings is 1. The van der Waals surface area contributed by atoms with Crippen molar-refractivity contribution < 1.29 is 14.3 Å². The van der Waals surface area contributed by atoms with Crippen LogP contribution in [0, 0.1) is 6.92 Å². The van der Waals surface area contributed by atoms with Crippen LogP contribution in [-0.2, 0) is 0 Å². The average molecular weight is 446 g/mol. The van der Waals surface area contributed by atoms with E-state index in [1.54, 1.807) is 37.7 Å². The summed E-state index contributed by atoms with van der Waals surface area (Å²) in [6, 6.07) is 18.9. The van der Waals surface area contributed by atoms with Crippen molar-refractivity contribution in [2.75, 3.05) is 14.2 Å². The maximum Gasteiger partial charge on any atom is 0.272 e. The number of fused-ring (bicyclic) bond motifs is 1. The third-order valence-electron chi connectivity index (χ3n) is 5.07. The van der Waals surface area contributed by atoms with Gasteiger partial charge in [-0.15, -0.1) is 11.3 Å². The molecule has 0 bridgehead atoms. The molecule has 2 aromatic carbocycles. The van der Waals surface area contributed by atoms with Crippen molar-refractivity contribution in [3.63, 3.8) is 0 Å². The van der Waals surface area contributed by atoms with Gasteiger partial charge >= 0.3 is 0 Å². The van der Waals surface area contributed by atoms with Crippen LogP contribution in [0.15, 0.2) is 65.8 Å². The largest absolute Gasteiger partial charge is 0.497 e. The fraction of sp³-hybridized carbons (Fsp3) is 0.160. The number of benzene rings is 2. The van der Waals surface area contributed by atoms with Crippen molar-refractivity contribution in [2.45, 2.75) is 13.8 Å². The topological polar surface area (TPSA) is 72.8 Å². The van der Waals surface area contributed by atoms with E-state index in [4.69, 9.17) is 14.5 Å². The first-order valence-electron chi connectivity index (χ1n) is 10.0.